The minimum atomic E-state index is 0.162. The smallest absolute Gasteiger partial charge is 0.227 e. The van der Waals surface area contributed by atoms with E-state index in [9.17, 15) is 4.79 Å². The Labute approximate surface area is 175 Å². The number of ether oxygens (including phenoxy) is 2. The number of carbonyl (C=O) groups excluding carboxylic acids is 1. The first-order chi connectivity index (χ1) is 14.0. The van der Waals surface area contributed by atoms with Crippen molar-refractivity contribution in [3.8, 4) is 11.5 Å². The summed E-state index contributed by atoms with van der Waals surface area (Å²) < 4.78 is 10.5. The van der Waals surface area contributed by atoms with Crippen molar-refractivity contribution in [3.05, 3.63) is 48.0 Å². The predicted molar refractivity (Wildman–Crippen MR) is 119 cm³/mol. The zero-order valence-electron chi connectivity index (χ0n) is 16.7. The van der Waals surface area contributed by atoms with Crippen LogP contribution in [0.2, 0.25) is 0 Å². The average molecular weight is 413 g/mol. The molecule has 0 bridgehead atoms. The Bertz CT molecular complexity index is 945. The van der Waals surface area contributed by atoms with Gasteiger partial charge >= 0.3 is 0 Å². The predicted octanol–water partition coefficient (Wildman–Crippen LogP) is 3.54. The zero-order valence-corrected chi connectivity index (χ0v) is 17.5. The van der Waals surface area contributed by atoms with Gasteiger partial charge < -0.3 is 19.7 Å². The van der Waals surface area contributed by atoms with Crippen molar-refractivity contribution in [1.29, 1.82) is 0 Å². The molecule has 1 heterocycles. The summed E-state index contributed by atoms with van der Waals surface area (Å²) in [5, 5.41) is 7.77. The monoisotopic (exact) mass is 412 g/mol. The molecule has 2 aromatic carbocycles. The lowest BCUT2D eigenvalue weighted by atomic mass is 10.1. The van der Waals surface area contributed by atoms with Crippen LogP contribution in [0.15, 0.2) is 47.6 Å². The maximum Gasteiger partial charge on any atom is 0.227 e. The molecule has 7 nitrogen and oxygen atoms in total. The van der Waals surface area contributed by atoms with Gasteiger partial charge in [0.2, 0.25) is 5.91 Å². The van der Waals surface area contributed by atoms with E-state index in [1.165, 1.54) is 0 Å². The fourth-order valence-electron chi connectivity index (χ4n) is 3.09. The average Bonchev–Trinajstić information content (AvgIpc) is 3.17. The Balaban J connectivity index is 1.65. The molecule has 0 spiro atoms. The molecule has 1 aliphatic rings. The molecule has 0 saturated carbocycles. The molecule has 0 radical (unpaired) electrons. The third-order valence-electron chi connectivity index (χ3n) is 4.62. The first-order valence-corrected chi connectivity index (χ1v) is 9.66. The van der Waals surface area contributed by atoms with Crippen LogP contribution in [0.1, 0.15) is 25.3 Å². The third kappa shape index (κ3) is 5.03. The summed E-state index contributed by atoms with van der Waals surface area (Å²) in [4.78, 5) is 13.8. The molecule has 1 fully saturated rings. The highest BCUT2D eigenvalue weighted by atomic mass is 32.1. The number of hydrogen-bond acceptors (Lipinski definition) is 5. The van der Waals surface area contributed by atoms with Gasteiger partial charge in [-0.1, -0.05) is 12.1 Å². The lowest BCUT2D eigenvalue weighted by Crippen LogP contribution is -2.25. The first kappa shape index (κ1) is 20.6. The second-order valence-corrected chi connectivity index (χ2v) is 6.94. The molecule has 1 aliphatic heterocycles. The van der Waals surface area contributed by atoms with Crippen LogP contribution in [0.4, 0.5) is 11.4 Å². The summed E-state index contributed by atoms with van der Waals surface area (Å²) in [6.45, 7) is 2.65. The molecule has 152 valence electrons. The molecule has 1 saturated heterocycles. The van der Waals surface area contributed by atoms with Crippen molar-refractivity contribution < 1.29 is 14.3 Å². The number of benzene rings is 2. The highest BCUT2D eigenvalue weighted by Gasteiger charge is 2.21. The molecule has 1 amide bonds. The third-order valence-corrected chi connectivity index (χ3v) is 4.81. The summed E-state index contributed by atoms with van der Waals surface area (Å²) in [6, 6.07) is 13.2. The number of anilines is 2. The fourth-order valence-corrected chi connectivity index (χ4v) is 3.26. The van der Waals surface area contributed by atoms with E-state index in [-0.39, 0.29) is 5.91 Å². The fraction of sp³-hybridized carbons (Fsp3) is 0.286. The quantitative estimate of drug-likeness (QED) is 0.429. The minimum Gasteiger partial charge on any atom is -0.493 e. The van der Waals surface area contributed by atoms with Crippen LogP contribution >= 0.6 is 12.2 Å². The van der Waals surface area contributed by atoms with Crippen molar-refractivity contribution in [1.82, 2.24) is 5.43 Å². The maximum absolute atomic E-state index is 12.0. The van der Waals surface area contributed by atoms with Crippen LogP contribution in [0, 0.1) is 0 Å². The highest BCUT2D eigenvalue weighted by Crippen LogP contribution is 2.29. The summed E-state index contributed by atoms with van der Waals surface area (Å²) in [6.07, 6.45) is 1.50. The van der Waals surface area contributed by atoms with E-state index in [0.717, 1.165) is 35.6 Å². The van der Waals surface area contributed by atoms with Gasteiger partial charge in [-0.15, -0.1) is 0 Å². The minimum absolute atomic E-state index is 0.162. The van der Waals surface area contributed by atoms with E-state index in [1.807, 2.05) is 42.2 Å². The number of rotatable bonds is 6. The largest absolute Gasteiger partial charge is 0.493 e. The molecule has 2 aromatic rings. The Hall–Kier alpha value is -3.13. The molecule has 0 atom stereocenters. The number of nitrogens with zero attached hydrogens (tertiary/aromatic N) is 2. The van der Waals surface area contributed by atoms with Crippen LogP contribution in [0.25, 0.3) is 0 Å². The molecule has 29 heavy (non-hydrogen) atoms. The van der Waals surface area contributed by atoms with Gasteiger partial charge in [0.1, 0.15) is 0 Å². The second kappa shape index (κ2) is 9.38. The lowest BCUT2D eigenvalue weighted by Gasteiger charge is -2.16. The number of carbonyl (C=O) groups is 1. The number of amides is 1. The number of thiocarbonyl (C=S) groups is 1. The van der Waals surface area contributed by atoms with Gasteiger partial charge in [-0.25, -0.2) is 0 Å². The first-order valence-electron chi connectivity index (χ1n) is 9.26. The second-order valence-electron chi connectivity index (χ2n) is 6.53. The van der Waals surface area contributed by atoms with Gasteiger partial charge in [0.05, 0.1) is 19.9 Å². The number of nitrogens with one attached hydrogen (secondary N) is 2. The van der Waals surface area contributed by atoms with Crippen molar-refractivity contribution in [2.24, 2.45) is 5.10 Å². The Morgan fingerprint density at radius 3 is 2.62 bits per heavy atom. The van der Waals surface area contributed by atoms with E-state index < -0.39 is 0 Å². The van der Waals surface area contributed by atoms with Gasteiger partial charge in [-0.3, -0.25) is 10.2 Å². The van der Waals surface area contributed by atoms with Gasteiger partial charge in [-0.2, -0.15) is 5.10 Å². The number of hydrogen-bond donors (Lipinski definition) is 2. The zero-order chi connectivity index (χ0) is 20.8. The summed E-state index contributed by atoms with van der Waals surface area (Å²) >= 11 is 5.32. The van der Waals surface area contributed by atoms with Gasteiger partial charge in [-0.05, 0) is 55.4 Å². The van der Waals surface area contributed by atoms with Gasteiger partial charge in [0.15, 0.2) is 16.6 Å². The van der Waals surface area contributed by atoms with Crippen LogP contribution in [-0.2, 0) is 4.79 Å². The Morgan fingerprint density at radius 2 is 1.93 bits per heavy atom. The molecule has 8 heteroatoms. The Kier molecular flexibility index (Phi) is 6.66. The molecule has 0 unspecified atom stereocenters. The summed E-state index contributed by atoms with van der Waals surface area (Å²) in [7, 11) is 3.17. The van der Waals surface area contributed by atoms with Crippen LogP contribution in [0.5, 0.6) is 11.5 Å². The molecular weight excluding hydrogens is 388 g/mol. The van der Waals surface area contributed by atoms with Crippen molar-refractivity contribution in [3.63, 3.8) is 0 Å². The molecule has 0 aromatic heterocycles. The van der Waals surface area contributed by atoms with Crippen molar-refractivity contribution in [2.45, 2.75) is 19.8 Å². The van der Waals surface area contributed by atoms with Gasteiger partial charge in [0, 0.05) is 30.4 Å². The van der Waals surface area contributed by atoms with Crippen LogP contribution < -0.4 is 25.1 Å². The summed E-state index contributed by atoms with van der Waals surface area (Å²) in [5.74, 6) is 1.41. The molecular formula is C21H24N4O3S. The molecule has 0 aliphatic carbocycles. The van der Waals surface area contributed by atoms with Crippen molar-refractivity contribution >= 4 is 40.3 Å². The standard InChI is InChI=1S/C21H24N4O3S/c1-14(15-6-4-7-17(12-15)25-11-5-8-20(25)26)23-24-21(29)22-16-9-10-18(27-2)19(13-16)28-3/h4,6-7,9-10,12-13H,5,8,11H2,1-3H3,(H2,22,24,29)/b23-14-. The number of methoxy groups -OCH3 is 2. The summed E-state index contributed by atoms with van der Waals surface area (Å²) in [5.41, 5.74) is 6.17. The number of hydrazone groups is 1. The van der Waals surface area contributed by atoms with E-state index >= 15 is 0 Å². The van der Waals surface area contributed by atoms with E-state index in [1.54, 1.807) is 26.4 Å². The van der Waals surface area contributed by atoms with Crippen LogP contribution in [-0.4, -0.2) is 37.5 Å². The highest BCUT2D eigenvalue weighted by molar-refractivity contribution is 7.80. The van der Waals surface area contributed by atoms with Crippen molar-refractivity contribution in [2.75, 3.05) is 31.0 Å². The van der Waals surface area contributed by atoms with E-state index in [4.69, 9.17) is 21.7 Å². The maximum atomic E-state index is 12.0. The van der Waals surface area contributed by atoms with E-state index in [2.05, 4.69) is 15.8 Å². The topological polar surface area (TPSA) is 75.2 Å². The normalized spacial score (nSPS) is 14.0. The van der Waals surface area contributed by atoms with Gasteiger partial charge in [0.25, 0.3) is 0 Å². The lowest BCUT2D eigenvalue weighted by molar-refractivity contribution is -0.117. The Morgan fingerprint density at radius 1 is 1.14 bits per heavy atom. The SMILES string of the molecule is COc1ccc(NC(=S)N/N=C(/C)c2cccc(N3CCCC3=O)c2)cc1OC. The molecule has 2 N–H and O–H groups in total. The molecule has 3 rings (SSSR count). The van der Waals surface area contributed by atoms with E-state index in [0.29, 0.717) is 23.0 Å². The van der Waals surface area contributed by atoms with Crippen LogP contribution in [0.3, 0.4) is 0 Å².